The van der Waals surface area contributed by atoms with E-state index in [0.29, 0.717) is 0 Å². The highest BCUT2D eigenvalue weighted by Gasteiger charge is 2.38. The van der Waals surface area contributed by atoms with Gasteiger partial charge < -0.3 is 26.3 Å². The van der Waals surface area contributed by atoms with Gasteiger partial charge in [-0.15, -0.1) is 0 Å². The van der Waals surface area contributed by atoms with E-state index < -0.39 is 47.5 Å². The first-order valence-corrected chi connectivity index (χ1v) is 8.72. The van der Waals surface area contributed by atoms with Gasteiger partial charge in [-0.1, -0.05) is 0 Å². The highest BCUT2D eigenvalue weighted by atomic mass is 19.4. The molecule has 0 aliphatic carbocycles. The van der Waals surface area contributed by atoms with Crippen molar-refractivity contribution < 1.29 is 31.5 Å². The zero-order valence-corrected chi connectivity index (χ0v) is 16.1. The third-order valence-corrected chi connectivity index (χ3v) is 4.46. The Kier molecular flexibility index (Phi) is 6.75. The number of carbonyl (C=O) groups excluding carboxylic acids is 2. The number of carbonyl (C=O) groups is 2. The van der Waals surface area contributed by atoms with Crippen molar-refractivity contribution in [2.75, 3.05) is 18.4 Å². The number of nitrogens with zero attached hydrogens (tertiary/aromatic N) is 2. The van der Waals surface area contributed by atoms with Crippen LogP contribution in [0.5, 0.6) is 0 Å². The van der Waals surface area contributed by atoms with E-state index in [2.05, 4.69) is 5.32 Å². The minimum absolute atomic E-state index is 0.0167. The molecule has 0 bridgehead atoms. The van der Waals surface area contributed by atoms with E-state index in [-0.39, 0.29) is 24.5 Å². The first-order valence-electron chi connectivity index (χ1n) is 8.72. The average molecular weight is 436 g/mol. The standard InChI is InChI=1S/C17H21F5N6O2/c1-8-6-27(16(30)26-10-3-4-11(18)12(19)5-10)7-13(28(8)24)14(23)15(29)25-9(2)17(20,21)22/h3-5,8-9H,6-7,23-24H2,1-2H3,(H,25,29)(H,26,30)/b14-13-/t8-,9?/m1/s1. The smallest absolute Gasteiger partial charge is 0.393 e. The maximum Gasteiger partial charge on any atom is 0.408 e. The fraction of sp³-hybridized carbons (Fsp3) is 0.412. The number of piperazine rings is 1. The highest BCUT2D eigenvalue weighted by Crippen LogP contribution is 2.22. The molecule has 13 heteroatoms. The van der Waals surface area contributed by atoms with Gasteiger partial charge in [0.2, 0.25) is 0 Å². The predicted octanol–water partition coefficient (Wildman–Crippen LogP) is 1.61. The van der Waals surface area contributed by atoms with Gasteiger partial charge in [0, 0.05) is 18.3 Å². The number of halogens is 5. The lowest BCUT2D eigenvalue weighted by atomic mass is 10.1. The number of nitrogens with one attached hydrogen (secondary N) is 2. The van der Waals surface area contributed by atoms with Crippen molar-refractivity contribution in [3.05, 3.63) is 41.2 Å². The number of hydrogen-bond acceptors (Lipinski definition) is 5. The van der Waals surface area contributed by atoms with Crippen molar-refractivity contribution in [1.82, 2.24) is 15.2 Å². The molecular weight excluding hydrogens is 415 g/mol. The minimum Gasteiger partial charge on any atom is -0.393 e. The normalized spacial score (nSPS) is 19.9. The largest absolute Gasteiger partial charge is 0.408 e. The van der Waals surface area contributed by atoms with Crippen LogP contribution in [0.4, 0.5) is 32.4 Å². The van der Waals surface area contributed by atoms with Gasteiger partial charge in [0.15, 0.2) is 11.6 Å². The molecule has 1 fully saturated rings. The number of rotatable bonds is 3. The lowest BCUT2D eigenvalue weighted by Crippen LogP contribution is -2.57. The van der Waals surface area contributed by atoms with Crippen molar-refractivity contribution in [2.24, 2.45) is 11.6 Å². The second kappa shape index (κ2) is 8.73. The molecule has 2 atom stereocenters. The molecule has 1 aliphatic heterocycles. The number of hydrogen-bond donors (Lipinski definition) is 4. The van der Waals surface area contributed by atoms with Gasteiger partial charge in [0.1, 0.15) is 11.7 Å². The van der Waals surface area contributed by atoms with Gasteiger partial charge in [-0.3, -0.25) is 4.79 Å². The second-order valence-electron chi connectivity index (χ2n) is 6.79. The molecule has 8 nitrogen and oxygen atoms in total. The number of anilines is 1. The minimum atomic E-state index is -4.67. The molecule has 30 heavy (non-hydrogen) atoms. The van der Waals surface area contributed by atoms with Gasteiger partial charge in [-0.2, -0.15) is 13.2 Å². The molecular formula is C17H21F5N6O2. The van der Waals surface area contributed by atoms with Crippen LogP contribution in [0.1, 0.15) is 13.8 Å². The maximum atomic E-state index is 13.3. The van der Waals surface area contributed by atoms with Gasteiger partial charge in [0.05, 0.1) is 18.3 Å². The molecule has 1 unspecified atom stereocenters. The van der Waals surface area contributed by atoms with Crippen LogP contribution in [-0.2, 0) is 4.79 Å². The Morgan fingerprint density at radius 2 is 1.87 bits per heavy atom. The van der Waals surface area contributed by atoms with Crippen molar-refractivity contribution >= 4 is 17.6 Å². The Balaban J connectivity index is 2.18. The van der Waals surface area contributed by atoms with Crippen LogP contribution < -0.4 is 22.2 Å². The van der Waals surface area contributed by atoms with E-state index in [9.17, 15) is 31.5 Å². The molecule has 6 N–H and O–H groups in total. The van der Waals surface area contributed by atoms with E-state index in [1.54, 1.807) is 12.2 Å². The molecule has 0 saturated carbocycles. The Bertz CT molecular complexity index is 860. The lowest BCUT2D eigenvalue weighted by Gasteiger charge is -2.40. The number of nitrogens with two attached hydrogens (primary N) is 2. The first kappa shape index (κ1) is 23.2. The molecule has 3 amide bonds. The Morgan fingerprint density at radius 1 is 1.23 bits per heavy atom. The molecule has 1 aromatic carbocycles. The summed E-state index contributed by atoms with van der Waals surface area (Å²) in [6, 6.07) is -0.653. The number of hydrazine groups is 1. The Labute approximate surface area is 168 Å². The van der Waals surface area contributed by atoms with E-state index in [4.69, 9.17) is 11.6 Å². The van der Waals surface area contributed by atoms with Gasteiger partial charge in [0.25, 0.3) is 5.91 Å². The van der Waals surface area contributed by atoms with Crippen molar-refractivity contribution in [3.63, 3.8) is 0 Å². The fourth-order valence-corrected chi connectivity index (χ4v) is 2.64. The summed E-state index contributed by atoms with van der Waals surface area (Å²) in [7, 11) is 0. The Hall–Kier alpha value is -3.09. The van der Waals surface area contributed by atoms with E-state index in [1.807, 2.05) is 0 Å². The third kappa shape index (κ3) is 5.28. The SMILES string of the molecule is CC(NC(=O)/C(N)=C1\CN(C(=O)Nc2ccc(F)c(F)c2)C[C@@H](C)N1N)C(F)(F)F. The fourth-order valence-electron chi connectivity index (χ4n) is 2.64. The van der Waals surface area contributed by atoms with Crippen LogP contribution >= 0.6 is 0 Å². The van der Waals surface area contributed by atoms with Crippen LogP contribution in [0.25, 0.3) is 0 Å². The molecule has 0 aromatic heterocycles. The molecule has 1 aromatic rings. The monoisotopic (exact) mass is 436 g/mol. The quantitative estimate of drug-likeness (QED) is 0.326. The van der Waals surface area contributed by atoms with Crippen molar-refractivity contribution in [1.29, 1.82) is 0 Å². The van der Waals surface area contributed by atoms with E-state index >= 15 is 0 Å². The molecule has 0 spiro atoms. The highest BCUT2D eigenvalue weighted by molar-refractivity contribution is 5.94. The molecule has 1 aliphatic rings. The maximum absolute atomic E-state index is 13.3. The van der Waals surface area contributed by atoms with Crippen LogP contribution in [0.2, 0.25) is 0 Å². The predicted molar refractivity (Wildman–Crippen MR) is 97.3 cm³/mol. The topological polar surface area (TPSA) is 117 Å². The van der Waals surface area contributed by atoms with Crippen LogP contribution in [0.3, 0.4) is 0 Å². The van der Waals surface area contributed by atoms with Gasteiger partial charge in [-0.25, -0.2) is 19.4 Å². The van der Waals surface area contributed by atoms with Crippen LogP contribution in [0.15, 0.2) is 29.6 Å². The number of alkyl halides is 3. The summed E-state index contributed by atoms with van der Waals surface area (Å²) in [5, 5.41) is 5.18. The lowest BCUT2D eigenvalue weighted by molar-refractivity contribution is -0.156. The molecule has 2 rings (SSSR count). The summed E-state index contributed by atoms with van der Waals surface area (Å²) < 4.78 is 64.3. The summed E-state index contributed by atoms with van der Waals surface area (Å²) in [5.41, 5.74) is 5.05. The number of amides is 3. The van der Waals surface area contributed by atoms with E-state index in [1.165, 1.54) is 4.90 Å². The summed E-state index contributed by atoms with van der Waals surface area (Å²) in [6.07, 6.45) is -4.67. The summed E-state index contributed by atoms with van der Waals surface area (Å²) in [5.74, 6) is 2.43. The molecule has 0 radical (unpaired) electrons. The number of benzene rings is 1. The third-order valence-electron chi connectivity index (χ3n) is 4.46. The molecule has 1 saturated heterocycles. The van der Waals surface area contributed by atoms with Crippen LogP contribution in [0, 0.1) is 11.6 Å². The van der Waals surface area contributed by atoms with Crippen molar-refractivity contribution in [3.8, 4) is 0 Å². The zero-order valence-electron chi connectivity index (χ0n) is 16.1. The van der Waals surface area contributed by atoms with E-state index in [0.717, 1.165) is 30.1 Å². The average Bonchev–Trinajstić information content (AvgIpc) is 2.65. The summed E-state index contributed by atoms with van der Waals surface area (Å²) in [6.45, 7) is 2.13. The van der Waals surface area contributed by atoms with Gasteiger partial charge in [-0.05, 0) is 26.0 Å². The summed E-state index contributed by atoms with van der Waals surface area (Å²) >= 11 is 0. The number of urea groups is 1. The zero-order chi connectivity index (χ0) is 22.8. The second-order valence-corrected chi connectivity index (χ2v) is 6.79. The Morgan fingerprint density at radius 3 is 2.43 bits per heavy atom. The summed E-state index contributed by atoms with van der Waals surface area (Å²) in [4.78, 5) is 25.8. The molecule has 1 heterocycles. The van der Waals surface area contributed by atoms with Crippen LogP contribution in [-0.4, -0.2) is 53.2 Å². The van der Waals surface area contributed by atoms with Crippen molar-refractivity contribution in [2.45, 2.75) is 32.1 Å². The van der Waals surface area contributed by atoms with Gasteiger partial charge >= 0.3 is 12.2 Å². The first-order chi connectivity index (χ1) is 13.8. The molecule has 166 valence electrons.